The molecule has 2 rings (SSSR count). The summed E-state index contributed by atoms with van der Waals surface area (Å²) in [7, 11) is 0. The molecule has 0 saturated carbocycles. The van der Waals surface area contributed by atoms with Gasteiger partial charge in [-0.1, -0.05) is 30.3 Å². The highest BCUT2D eigenvalue weighted by atomic mass is 16.5. The Labute approximate surface area is 111 Å². The van der Waals surface area contributed by atoms with Gasteiger partial charge >= 0.3 is 0 Å². The van der Waals surface area contributed by atoms with Crippen molar-refractivity contribution in [1.29, 1.82) is 5.26 Å². The zero-order valence-corrected chi connectivity index (χ0v) is 10.7. The fraction of sp³-hybridized carbons (Fsp3) is 0.357. The lowest BCUT2D eigenvalue weighted by Gasteiger charge is -2.02. The van der Waals surface area contributed by atoms with Gasteiger partial charge in [-0.2, -0.15) is 10.2 Å². The second-order valence-corrected chi connectivity index (χ2v) is 4.25. The summed E-state index contributed by atoms with van der Waals surface area (Å²) >= 11 is 0. The van der Waals surface area contributed by atoms with Crippen molar-refractivity contribution in [3.63, 3.8) is 0 Å². The molecule has 0 spiro atoms. The molecule has 5 heteroatoms. The topological polar surface area (TPSA) is 71.9 Å². The number of nitrogens with zero attached hydrogens (tertiary/aromatic N) is 3. The van der Waals surface area contributed by atoms with Crippen LogP contribution < -0.4 is 4.74 Å². The molecule has 98 valence electrons. The highest BCUT2D eigenvalue weighted by Crippen LogP contribution is 2.18. The first kappa shape index (κ1) is 13.1. The molecule has 1 aromatic heterocycles. The Kier molecular flexibility index (Phi) is 4.51. The van der Waals surface area contributed by atoms with E-state index in [4.69, 9.17) is 14.5 Å². The van der Waals surface area contributed by atoms with Gasteiger partial charge in [0, 0.05) is 12.3 Å². The van der Waals surface area contributed by atoms with E-state index in [1.54, 1.807) is 0 Å². The van der Waals surface area contributed by atoms with Crippen LogP contribution in [0.3, 0.4) is 0 Å². The van der Waals surface area contributed by atoms with Crippen LogP contribution >= 0.6 is 0 Å². The minimum absolute atomic E-state index is 0.0950. The van der Waals surface area contributed by atoms with Crippen LogP contribution in [0.25, 0.3) is 0 Å². The highest BCUT2D eigenvalue weighted by molar-refractivity contribution is 5.20. The van der Waals surface area contributed by atoms with Crippen molar-refractivity contribution < 1.29 is 9.26 Å². The van der Waals surface area contributed by atoms with Crippen LogP contribution in [0.4, 0.5) is 0 Å². The Morgan fingerprint density at radius 1 is 1.37 bits per heavy atom. The number of aromatic nitrogens is 2. The zero-order valence-electron chi connectivity index (χ0n) is 10.7. The summed E-state index contributed by atoms with van der Waals surface area (Å²) < 4.78 is 10.7. The van der Waals surface area contributed by atoms with Gasteiger partial charge in [0.25, 0.3) is 0 Å². The van der Waals surface area contributed by atoms with Gasteiger partial charge in [0.2, 0.25) is 11.7 Å². The van der Waals surface area contributed by atoms with Crippen molar-refractivity contribution in [3.05, 3.63) is 42.0 Å². The lowest BCUT2D eigenvalue weighted by Crippen LogP contribution is -1.98. The summed E-state index contributed by atoms with van der Waals surface area (Å²) in [6.45, 7) is 2.24. The molecule has 0 fully saturated rings. The summed E-state index contributed by atoms with van der Waals surface area (Å²) in [6.07, 6.45) is 1.21. The van der Waals surface area contributed by atoms with Crippen molar-refractivity contribution in [2.24, 2.45) is 0 Å². The average Bonchev–Trinajstić information content (AvgIpc) is 2.92. The smallest absolute Gasteiger partial charge is 0.229 e. The molecule has 2 aromatic rings. The Bertz CT molecular complexity index is 545. The number of hydrogen-bond acceptors (Lipinski definition) is 5. The van der Waals surface area contributed by atoms with Gasteiger partial charge in [-0.3, -0.25) is 0 Å². The van der Waals surface area contributed by atoms with Gasteiger partial charge in [-0.15, -0.1) is 0 Å². The quantitative estimate of drug-likeness (QED) is 0.795. The maximum absolute atomic E-state index is 8.54. The van der Waals surface area contributed by atoms with E-state index in [0.29, 0.717) is 18.1 Å². The standard InChI is InChI=1S/C14H15N3O2/c1-11(6-5-9-15)14-16-13(17-19-14)10-18-12-7-3-2-4-8-12/h2-4,7-8,11H,5-6,10H2,1H3. The number of rotatable bonds is 6. The van der Waals surface area contributed by atoms with E-state index in [2.05, 4.69) is 16.2 Å². The van der Waals surface area contributed by atoms with Gasteiger partial charge in [0.15, 0.2) is 6.61 Å². The third-order valence-corrected chi connectivity index (χ3v) is 2.71. The summed E-state index contributed by atoms with van der Waals surface area (Å²) in [5.74, 6) is 1.94. The van der Waals surface area contributed by atoms with Crippen molar-refractivity contribution in [3.8, 4) is 11.8 Å². The van der Waals surface area contributed by atoms with E-state index in [1.807, 2.05) is 37.3 Å². The number of nitriles is 1. The van der Waals surface area contributed by atoms with Crippen molar-refractivity contribution >= 4 is 0 Å². The van der Waals surface area contributed by atoms with Crippen molar-refractivity contribution in [1.82, 2.24) is 10.1 Å². The molecule has 1 aromatic carbocycles. The third-order valence-electron chi connectivity index (χ3n) is 2.71. The number of ether oxygens (including phenoxy) is 1. The van der Waals surface area contributed by atoms with Crippen LogP contribution in [0.15, 0.2) is 34.9 Å². The lowest BCUT2D eigenvalue weighted by molar-refractivity contribution is 0.284. The van der Waals surface area contributed by atoms with Crippen LogP contribution in [-0.2, 0) is 6.61 Å². The molecule has 19 heavy (non-hydrogen) atoms. The van der Waals surface area contributed by atoms with E-state index in [1.165, 1.54) is 0 Å². The Morgan fingerprint density at radius 3 is 2.89 bits per heavy atom. The monoisotopic (exact) mass is 257 g/mol. The van der Waals surface area contributed by atoms with Crippen LogP contribution in [0.2, 0.25) is 0 Å². The molecule has 0 aliphatic carbocycles. The van der Waals surface area contributed by atoms with Gasteiger partial charge < -0.3 is 9.26 Å². The summed E-state index contributed by atoms with van der Waals surface area (Å²) in [6, 6.07) is 11.6. The first-order chi connectivity index (χ1) is 9.29. The lowest BCUT2D eigenvalue weighted by atomic mass is 10.1. The normalized spacial score (nSPS) is 11.8. The molecular weight excluding hydrogens is 242 g/mol. The molecular formula is C14H15N3O2. The third kappa shape index (κ3) is 3.81. The summed E-state index contributed by atoms with van der Waals surface area (Å²) in [5, 5.41) is 12.4. The van der Waals surface area contributed by atoms with Crippen molar-refractivity contribution in [2.75, 3.05) is 0 Å². The highest BCUT2D eigenvalue weighted by Gasteiger charge is 2.14. The molecule has 5 nitrogen and oxygen atoms in total. The molecule has 0 N–H and O–H groups in total. The minimum Gasteiger partial charge on any atom is -0.485 e. The van der Waals surface area contributed by atoms with Crippen LogP contribution in [0.5, 0.6) is 5.75 Å². The molecule has 0 aliphatic heterocycles. The number of benzene rings is 1. The minimum atomic E-state index is 0.0950. The van der Waals surface area contributed by atoms with E-state index < -0.39 is 0 Å². The Balaban J connectivity index is 1.89. The second kappa shape index (κ2) is 6.55. The molecule has 0 saturated heterocycles. The molecule has 0 aliphatic rings. The zero-order chi connectivity index (χ0) is 13.5. The maximum Gasteiger partial charge on any atom is 0.229 e. The van der Waals surface area contributed by atoms with Crippen molar-refractivity contribution in [2.45, 2.75) is 32.3 Å². The predicted octanol–water partition coefficient (Wildman–Crippen LogP) is 3.06. The first-order valence-corrected chi connectivity index (χ1v) is 6.17. The van der Waals surface area contributed by atoms with E-state index in [0.717, 1.165) is 12.2 Å². The number of para-hydroxylation sites is 1. The molecule has 0 radical (unpaired) electrons. The molecule has 1 heterocycles. The second-order valence-electron chi connectivity index (χ2n) is 4.25. The van der Waals surface area contributed by atoms with Gasteiger partial charge in [0.1, 0.15) is 5.75 Å². The molecule has 1 atom stereocenters. The van der Waals surface area contributed by atoms with Crippen LogP contribution in [0.1, 0.15) is 37.4 Å². The van der Waals surface area contributed by atoms with E-state index in [-0.39, 0.29) is 12.5 Å². The number of hydrogen-bond donors (Lipinski definition) is 0. The van der Waals surface area contributed by atoms with Gasteiger partial charge in [-0.25, -0.2) is 0 Å². The average molecular weight is 257 g/mol. The SMILES string of the molecule is CC(CCC#N)c1nc(COc2ccccc2)no1. The summed E-state index contributed by atoms with van der Waals surface area (Å²) in [4.78, 5) is 4.27. The largest absolute Gasteiger partial charge is 0.485 e. The van der Waals surface area contributed by atoms with Crippen LogP contribution in [-0.4, -0.2) is 10.1 Å². The fourth-order valence-corrected chi connectivity index (χ4v) is 1.60. The van der Waals surface area contributed by atoms with Crippen LogP contribution in [0, 0.1) is 11.3 Å². The predicted molar refractivity (Wildman–Crippen MR) is 68.3 cm³/mol. The maximum atomic E-state index is 8.54. The molecule has 1 unspecified atom stereocenters. The fourth-order valence-electron chi connectivity index (χ4n) is 1.60. The molecule has 0 amide bonds. The van der Waals surface area contributed by atoms with E-state index in [9.17, 15) is 0 Å². The first-order valence-electron chi connectivity index (χ1n) is 6.17. The van der Waals surface area contributed by atoms with Gasteiger partial charge in [0.05, 0.1) is 6.07 Å². The summed E-state index contributed by atoms with van der Waals surface area (Å²) in [5.41, 5.74) is 0. The molecule has 0 bridgehead atoms. The Morgan fingerprint density at radius 2 is 2.16 bits per heavy atom. The van der Waals surface area contributed by atoms with Gasteiger partial charge in [-0.05, 0) is 18.6 Å². The van der Waals surface area contributed by atoms with E-state index >= 15 is 0 Å². The Hall–Kier alpha value is -2.35.